The fourth-order valence-corrected chi connectivity index (χ4v) is 7.68. The molecule has 5 amide bonds. The van der Waals surface area contributed by atoms with Crippen molar-refractivity contribution in [2.45, 2.75) is 137 Å². The minimum absolute atomic E-state index is 0.0338. The first kappa shape index (κ1) is 39.2. The minimum atomic E-state index is -0.752. The lowest BCUT2D eigenvalue weighted by molar-refractivity contribution is -0.149. The molecule has 2 aliphatic heterocycles. The van der Waals surface area contributed by atoms with Crippen LogP contribution in [0.2, 0.25) is 0 Å². The summed E-state index contributed by atoms with van der Waals surface area (Å²) >= 11 is 5.47. The van der Waals surface area contributed by atoms with E-state index >= 15 is 0 Å². The third-order valence-corrected chi connectivity index (χ3v) is 10.6. The lowest BCUT2D eigenvalue weighted by Crippen LogP contribution is -2.47. The van der Waals surface area contributed by atoms with Gasteiger partial charge in [0.15, 0.2) is 0 Å². The number of hydrogen-bond acceptors (Lipinski definition) is 7. The number of allylic oxidation sites excluding steroid dienone is 1. The quantitative estimate of drug-likeness (QED) is 0.0918. The fourth-order valence-electron chi connectivity index (χ4n) is 7.44. The van der Waals surface area contributed by atoms with E-state index < -0.39 is 41.4 Å². The molecule has 1 aromatic carbocycles. The van der Waals surface area contributed by atoms with Crippen LogP contribution in [0.25, 0.3) is 0 Å². The van der Waals surface area contributed by atoms with Gasteiger partial charge in [0.05, 0.1) is 22.7 Å². The fraction of sp³-hybridized carbons (Fsp3) is 0.641. The first-order valence-electron chi connectivity index (χ1n) is 18.2. The Bertz CT molecular complexity index is 1520. The molecule has 50 heavy (non-hydrogen) atoms. The van der Waals surface area contributed by atoms with Gasteiger partial charge < -0.3 is 5.11 Å². The third-order valence-electron chi connectivity index (χ3n) is 10.3. The number of aromatic hydroxyl groups is 1. The van der Waals surface area contributed by atoms with E-state index in [1.54, 1.807) is 6.92 Å². The van der Waals surface area contributed by atoms with Gasteiger partial charge >= 0.3 is 0 Å². The van der Waals surface area contributed by atoms with E-state index in [4.69, 9.17) is 12.2 Å². The largest absolute Gasteiger partial charge is 0.507 e. The summed E-state index contributed by atoms with van der Waals surface area (Å²) in [6.07, 6.45) is 9.61. The zero-order chi connectivity index (χ0) is 37.1. The maximum Gasteiger partial charge on any atom is 0.256 e. The van der Waals surface area contributed by atoms with Crippen molar-refractivity contribution in [3.05, 3.63) is 40.5 Å². The number of carbonyl (C=O) groups is 5. The second-order valence-corrected chi connectivity index (χ2v) is 16.9. The summed E-state index contributed by atoms with van der Waals surface area (Å²) in [6, 6.07) is 3.83. The second-order valence-electron chi connectivity index (χ2n) is 16.4. The van der Waals surface area contributed by atoms with E-state index in [1.807, 2.05) is 59.8 Å². The predicted octanol–water partition coefficient (Wildman–Crippen LogP) is 6.48. The molecule has 3 N–H and O–H groups in total. The number of benzene rings is 1. The Kier molecular flexibility index (Phi) is 12.3. The summed E-state index contributed by atoms with van der Waals surface area (Å²) in [4.78, 5) is 66.9. The van der Waals surface area contributed by atoms with Crippen LogP contribution in [0, 0.1) is 23.7 Å². The van der Waals surface area contributed by atoms with Crippen LogP contribution in [0.4, 0.5) is 0 Å². The molecule has 274 valence electrons. The van der Waals surface area contributed by atoms with Crippen LogP contribution in [0.15, 0.2) is 23.8 Å². The van der Waals surface area contributed by atoms with Gasteiger partial charge in [0.1, 0.15) is 5.75 Å². The van der Waals surface area contributed by atoms with Crippen LogP contribution in [-0.2, 0) is 41.2 Å². The molecule has 0 aromatic heterocycles. The lowest BCUT2D eigenvalue weighted by atomic mass is 9.71. The highest BCUT2D eigenvalue weighted by atomic mass is 32.1. The number of imide groups is 2. The number of fused-ring (bicyclic) bond motifs is 1. The Labute approximate surface area is 302 Å². The number of amides is 5. The van der Waals surface area contributed by atoms with Crippen molar-refractivity contribution in [3.63, 3.8) is 0 Å². The lowest BCUT2D eigenvalue weighted by Gasteiger charge is -2.29. The number of phenols is 1. The maximum absolute atomic E-state index is 13.6. The van der Waals surface area contributed by atoms with Gasteiger partial charge in [0.25, 0.3) is 17.7 Å². The molecule has 0 radical (unpaired) electrons. The minimum Gasteiger partial charge on any atom is -0.507 e. The van der Waals surface area contributed by atoms with Crippen molar-refractivity contribution in [2.24, 2.45) is 23.7 Å². The van der Waals surface area contributed by atoms with Crippen molar-refractivity contribution in [1.29, 1.82) is 0 Å². The molecule has 2 fully saturated rings. The molecule has 1 aromatic rings. The van der Waals surface area contributed by atoms with Crippen LogP contribution in [-0.4, -0.2) is 49.6 Å². The van der Waals surface area contributed by atoms with Crippen molar-refractivity contribution in [1.82, 2.24) is 20.9 Å². The molecule has 10 nitrogen and oxygen atoms in total. The molecule has 4 unspecified atom stereocenters. The Hall–Kier alpha value is -3.60. The van der Waals surface area contributed by atoms with Crippen LogP contribution in [0.1, 0.15) is 136 Å². The molecule has 1 aliphatic carbocycles. The van der Waals surface area contributed by atoms with Crippen molar-refractivity contribution < 1.29 is 29.1 Å². The first-order valence-corrected chi connectivity index (χ1v) is 18.6. The third kappa shape index (κ3) is 8.82. The monoisotopic (exact) mass is 708 g/mol. The van der Waals surface area contributed by atoms with E-state index in [1.165, 1.54) is 19.3 Å². The van der Waals surface area contributed by atoms with Crippen LogP contribution in [0.5, 0.6) is 5.75 Å². The van der Waals surface area contributed by atoms with Gasteiger partial charge in [0.2, 0.25) is 11.8 Å². The SMILES string of the molecule is CCCCCCCCC(=S)NN1C(=O)C2CC(C3CC(=O)N(NC(=O)CCc4cc(C(C)(C)C)c(O)c(C(C)(C)C)c4)C3=O)C=C(C)C2C1=O. The van der Waals surface area contributed by atoms with Crippen LogP contribution >= 0.6 is 12.2 Å². The molecule has 3 aliphatic rings. The Morgan fingerprint density at radius 2 is 1.42 bits per heavy atom. The van der Waals surface area contributed by atoms with E-state index in [0.29, 0.717) is 23.4 Å². The van der Waals surface area contributed by atoms with Gasteiger partial charge in [-0.3, -0.25) is 34.8 Å². The zero-order valence-corrected chi connectivity index (χ0v) is 31.9. The van der Waals surface area contributed by atoms with Crippen LogP contribution < -0.4 is 10.9 Å². The number of nitrogens with zero attached hydrogens (tertiary/aromatic N) is 2. The van der Waals surface area contributed by atoms with Gasteiger partial charge in [-0.1, -0.05) is 117 Å². The average Bonchev–Trinajstić information content (AvgIpc) is 3.43. The number of aryl methyl sites for hydroxylation is 1. The molecule has 11 heteroatoms. The molecular formula is C39H56N4O6S. The molecule has 0 bridgehead atoms. The van der Waals surface area contributed by atoms with Gasteiger partial charge in [-0.15, -0.1) is 0 Å². The zero-order valence-electron chi connectivity index (χ0n) is 31.1. The summed E-state index contributed by atoms with van der Waals surface area (Å²) in [5, 5.41) is 12.9. The van der Waals surface area contributed by atoms with E-state index in [9.17, 15) is 29.1 Å². The van der Waals surface area contributed by atoms with E-state index in [2.05, 4.69) is 17.8 Å². The summed E-state index contributed by atoms with van der Waals surface area (Å²) in [6.45, 7) is 16.1. The predicted molar refractivity (Wildman–Crippen MR) is 196 cm³/mol. The highest BCUT2D eigenvalue weighted by Crippen LogP contribution is 2.44. The molecule has 0 spiro atoms. The molecule has 4 rings (SSSR count). The summed E-state index contributed by atoms with van der Waals surface area (Å²) < 4.78 is 0. The number of unbranched alkanes of at least 4 members (excludes halogenated alkanes) is 5. The normalized spacial score (nSPS) is 22.6. The topological polar surface area (TPSA) is 136 Å². The van der Waals surface area contributed by atoms with Gasteiger partial charge in [-0.05, 0) is 66.0 Å². The Morgan fingerprint density at radius 3 is 2.02 bits per heavy atom. The molecule has 0 saturated carbocycles. The average molecular weight is 709 g/mol. The summed E-state index contributed by atoms with van der Waals surface area (Å²) in [5.74, 6) is -4.44. The molecule has 4 atom stereocenters. The van der Waals surface area contributed by atoms with Crippen molar-refractivity contribution >= 4 is 46.7 Å². The summed E-state index contributed by atoms with van der Waals surface area (Å²) in [7, 11) is 0. The van der Waals surface area contributed by atoms with Gasteiger partial charge in [0, 0.05) is 12.8 Å². The Morgan fingerprint density at radius 1 is 0.840 bits per heavy atom. The number of hydrazine groups is 2. The maximum atomic E-state index is 13.6. The number of phenolic OH excluding ortho intramolecular Hbond substituents is 1. The van der Waals surface area contributed by atoms with Gasteiger partial charge in [-0.25, -0.2) is 0 Å². The highest BCUT2D eigenvalue weighted by Gasteiger charge is 2.54. The smallest absolute Gasteiger partial charge is 0.256 e. The molecule has 2 heterocycles. The van der Waals surface area contributed by atoms with Crippen molar-refractivity contribution in [2.75, 3.05) is 0 Å². The number of hydrogen-bond donors (Lipinski definition) is 3. The van der Waals surface area contributed by atoms with E-state index in [0.717, 1.165) is 46.0 Å². The number of carbonyl (C=O) groups excluding carboxylic acids is 5. The number of rotatable bonds is 13. The second kappa shape index (κ2) is 15.7. The summed E-state index contributed by atoms with van der Waals surface area (Å²) in [5.41, 5.74) is 7.93. The standard InChI is InChI=1S/C39H56N4O6S/c1-9-10-11-12-13-14-15-31(50)41-43-36(48)27-21-25(18-23(2)33(27)37(43)49)26-22-32(45)42(35(26)47)40-30(44)17-16-24-19-28(38(3,4)5)34(46)29(20-24)39(6,7)8/h18-20,25-27,33,46H,9-17,21-22H2,1-8H3,(H,40,44)(H,41,50). The highest BCUT2D eigenvalue weighted by molar-refractivity contribution is 7.80. The number of nitrogens with one attached hydrogen (secondary N) is 2. The first-order chi connectivity index (χ1) is 23.3. The van der Waals surface area contributed by atoms with Crippen molar-refractivity contribution in [3.8, 4) is 5.75 Å². The van der Waals surface area contributed by atoms with Gasteiger partial charge in [-0.2, -0.15) is 10.0 Å². The molecule has 2 saturated heterocycles. The Balaban J connectivity index is 1.36. The van der Waals surface area contributed by atoms with Crippen LogP contribution in [0.3, 0.4) is 0 Å². The number of thiocarbonyl (C=S) groups is 1. The molecular weight excluding hydrogens is 653 g/mol. The van der Waals surface area contributed by atoms with E-state index in [-0.39, 0.29) is 47.7 Å².